The Morgan fingerprint density at radius 3 is 2.89 bits per heavy atom. The zero-order chi connectivity index (χ0) is 20.0. The van der Waals surface area contributed by atoms with Crippen LogP contribution < -0.4 is 15.4 Å². The molecule has 0 atom stereocenters. The van der Waals surface area contributed by atoms with E-state index in [1.54, 1.807) is 37.3 Å². The van der Waals surface area contributed by atoms with Crippen LogP contribution >= 0.6 is 23.1 Å². The predicted molar refractivity (Wildman–Crippen MR) is 119 cm³/mol. The van der Waals surface area contributed by atoms with Gasteiger partial charge in [-0.15, -0.1) is 11.3 Å². The molecule has 28 heavy (non-hydrogen) atoms. The molecule has 0 spiro atoms. The summed E-state index contributed by atoms with van der Waals surface area (Å²) in [5.41, 5.74) is 2.30. The van der Waals surface area contributed by atoms with Gasteiger partial charge in [0.05, 0.1) is 6.61 Å². The Morgan fingerprint density at radius 2 is 2.14 bits per heavy atom. The number of nitrogens with zero attached hydrogens (tertiary/aromatic N) is 2. The van der Waals surface area contributed by atoms with Gasteiger partial charge >= 0.3 is 0 Å². The molecule has 154 valence electrons. The molecule has 1 aromatic heterocycles. The van der Waals surface area contributed by atoms with Gasteiger partial charge in [0, 0.05) is 63.2 Å². The molecule has 0 aliphatic carbocycles. The number of nitrogens with one attached hydrogen (secondary N) is 2. The minimum absolute atomic E-state index is 0.647. The number of aliphatic imine (C=N–C) groups is 1. The second-order valence-corrected chi connectivity index (χ2v) is 8.40. The van der Waals surface area contributed by atoms with Crippen molar-refractivity contribution in [3.63, 3.8) is 0 Å². The van der Waals surface area contributed by atoms with Gasteiger partial charge in [0.1, 0.15) is 10.1 Å². The van der Waals surface area contributed by atoms with Gasteiger partial charge in [0.2, 0.25) is 0 Å². The maximum atomic E-state index is 5.95. The summed E-state index contributed by atoms with van der Waals surface area (Å²) in [5, 5.41) is 8.74. The van der Waals surface area contributed by atoms with Crippen molar-refractivity contribution in [1.82, 2.24) is 15.6 Å². The van der Waals surface area contributed by atoms with Crippen LogP contribution in [-0.2, 0) is 11.3 Å². The number of guanidine groups is 1. The van der Waals surface area contributed by atoms with E-state index in [1.165, 1.54) is 5.56 Å². The average molecular weight is 423 g/mol. The van der Waals surface area contributed by atoms with Gasteiger partial charge in [-0.05, 0) is 25.0 Å². The minimum Gasteiger partial charge on any atom is -0.493 e. The summed E-state index contributed by atoms with van der Waals surface area (Å²) in [4.78, 5) is 8.58. The fourth-order valence-electron chi connectivity index (χ4n) is 2.45. The molecule has 8 heteroatoms. The quantitative estimate of drug-likeness (QED) is 0.235. The van der Waals surface area contributed by atoms with Crippen LogP contribution in [0, 0.1) is 6.92 Å². The first-order valence-electron chi connectivity index (χ1n) is 9.41. The molecule has 2 rings (SSSR count). The Labute approximate surface area is 176 Å². The number of hydrogen-bond acceptors (Lipinski definition) is 6. The van der Waals surface area contributed by atoms with Gasteiger partial charge in [0.25, 0.3) is 0 Å². The van der Waals surface area contributed by atoms with Gasteiger partial charge in [-0.1, -0.05) is 23.9 Å². The summed E-state index contributed by atoms with van der Waals surface area (Å²) in [6.07, 6.45) is 3.76. The normalized spacial score (nSPS) is 11.5. The standard InChI is InChI=1S/C20H30N4O2S2/c1-16-6-7-17(18(14-16)26-11-5-10-25-3)15-24-19(21-2)22-8-4-12-27-20-23-9-13-28-20/h6-7,9,13-14H,4-5,8,10-12,15H2,1-3H3,(H2,21,22,24). The first-order chi connectivity index (χ1) is 13.7. The van der Waals surface area contributed by atoms with Crippen molar-refractivity contribution in [2.75, 3.05) is 39.7 Å². The lowest BCUT2D eigenvalue weighted by Crippen LogP contribution is -2.37. The number of ether oxygens (including phenoxy) is 2. The van der Waals surface area contributed by atoms with E-state index in [0.29, 0.717) is 19.8 Å². The van der Waals surface area contributed by atoms with E-state index in [2.05, 4.69) is 45.7 Å². The van der Waals surface area contributed by atoms with E-state index in [1.807, 2.05) is 11.6 Å². The Balaban J connectivity index is 1.74. The monoisotopic (exact) mass is 422 g/mol. The van der Waals surface area contributed by atoms with E-state index in [9.17, 15) is 0 Å². The van der Waals surface area contributed by atoms with Crippen molar-refractivity contribution in [3.05, 3.63) is 40.9 Å². The topological polar surface area (TPSA) is 67.8 Å². The SMILES string of the molecule is CN=C(NCCCSc1nccs1)NCc1ccc(C)cc1OCCCOC. The van der Waals surface area contributed by atoms with Gasteiger partial charge < -0.3 is 20.1 Å². The maximum Gasteiger partial charge on any atom is 0.191 e. The van der Waals surface area contributed by atoms with Crippen molar-refractivity contribution in [3.8, 4) is 5.75 Å². The number of hydrogen-bond donors (Lipinski definition) is 2. The van der Waals surface area contributed by atoms with E-state index < -0.39 is 0 Å². The third-order valence-corrected chi connectivity index (χ3v) is 5.94. The van der Waals surface area contributed by atoms with Crippen LogP contribution in [0.2, 0.25) is 0 Å². The number of rotatable bonds is 12. The molecule has 0 aliphatic rings. The highest BCUT2D eigenvalue weighted by Gasteiger charge is 2.06. The van der Waals surface area contributed by atoms with Crippen molar-refractivity contribution < 1.29 is 9.47 Å². The molecule has 6 nitrogen and oxygen atoms in total. The van der Waals surface area contributed by atoms with E-state index >= 15 is 0 Å². The summed E-state index contributed by atoms with van der Waals surface area (Å²) in [5.74, 6) is 2.75. The largest absolute Gasteiger partial charge is 0.493 e. The summed E-state index contributed by atoms with van der Waals surface area (Å²) in [6.45, 7) is 4.95. The number of methoxy groups -OCH3 is 1. The molecule has 0 saturated heterocycles. The minimum atomic E-state index is 0.647. The maximum absolute atomic E-state index is 5.95. The number of aryl methyl sites for hydroxylation is 1. The highest BCUT2D eigenvalue weighted by atomic mass is 32.2. The Hall–Kier alpha value is -1.77. The fourth-order valence-corrected chi connectivity index (χ4v) is 4.09. The fraction of sp³-hybridized carbons (Fsp3) is 0.500. The highest BCUT2D eigenvalue weighted by molar-refractivity contribution is 8.00. The zero-order valence-electron chi connectivity index (χ0n) is 16.9. The second kappa shape index (κ2) is 13.4. The summed E-state index contributed by atoms with van der Waals surface area (Å²) in [6, 6.07) is 6.28. The Kier molecular flexibility index (Phi) is 10.8. The molecule has 1 aromatic carbocycles. The third kappa shape index (κ3) is 8.50. The van der Waals surface area contributed by atoms with E-state index in [4.69, 9.17) is 9.47 Å². The van der Waals surface area contributed by atoms with Crippen molar-refractivity contribution in [2.24, 2.45) is 4.99 Å². The lowest BCUT2D eigenvalue weighted by atomic mass is 10.1. The molecular formula is C20H30N4O2S2. The molecule has 2 N–H and O–H groups in total. The van der Waals surface area contributed by atoms with Crippen molar-refractivity contribution in [2.45, 2.75) is 30.6 Å². The summed E-state index contributed by atoms with van der Waals surface area (Å²) >= 11 is 3.48. The van der Waals surface area contributed by atoms with Crippen LogP contribution in [0.5, 0.6) is 5.75 Å². The lowest BCUT2D eigenvalue weighted by Gasteiger charge is -2.15. The molecule has 0 unspecified atom stereocenters. The van der Waals surface area contributed by atoms with Crippen LogP contribution in [0.15, 0.2) is 39.1 Å². The first kappa shape index (κ1) is 22.5. The van der Waals surface area contributed by atoms with E-state index in [0.717, 1.165) is 46.8 Å². The van der Waals surface area contributed by atoms with Crippen molar-refractivity contribution >= 4 is 29.1 Å². The number of aromatic nitrogens is 1. The van der Waals surface area contributed by atoms with Gasteiger partial charge in [-0.2, -0.15) is 0 Å². The molecule has 0 bridgehead atoms. The molecule has 1 heterocycles. The summed E-state index contributed by atoms with van der Waals surface area (Å²) < 4.78 is 12.2. The highest BCUT2D eigenvalue weighted by Crippen LogP contribution is 2.21. The van der Waals surface area contributed by atoms with Crippen LogP contribution in [0.25, 0.3) is 0 Å². The molecule has 0 aliphatic heterocycles. The lowest BCUT2D eigenvalue weighted by molar-refractivity contribution is 0.172. The van der Waals surface area contributed by atoms with E-state index in [-0.39, 0.29) is 0 Å². The van der Waals surface area contributed by atoms with Gasteiger partial charge in [-0.25, -0.2) is 4.98 Å². The van der Waals surface area contributed by atoms with Crippen LogP contribution in [0.4, 0.5) is 0 Å². The second-order valence-electron chi connectivity index (χ2n) is 6.16. The molecule has 0 fully saturated rings. The zero-order valence-corrected chi connectivity index (χ0v) is 18.5. The molecule has 0 radical (unpaired) electrons. The number of thioether (sulfide) groups is 1. The molecule has 0 amide bonds. The molecule has 0 saturated carbocycles. The third-order valence-electron chi connectivity index (χ3n) is 3.89. The number of benzene rings is 1. The Morgan fingerprint density at radius 1 is 1.25 bits per heavy atom. The van der Waals surface area contributed by atoms with Crippen LogP contribution in [0.3, 0.4) is 0 Å². The average Bonchev–Trinajstić information content (AvgIpc) is 3.22. The smallest absolute Gasteiger partial charge is 0.191 e. The molecular weight excluding hydrogens is 392 g/mol. The number of thiazole rings is 1. The van der Waals surface area contributed by atoms with Gasteiger partial charge in [-0.3, -0.25) is 4.99 Å². The molecule has 2 aromatic rings. The van der Waals surface area contributed by atoms with Gasteiger partial charge in [0.15, 0.2) is 5.96 Å². The Bertz CT molecular complexity index is 708. The van der Waals surface area contributed by atoms with Crippen LogP contribution in [-0.4, -0.2) is 50.6 Å². The first-order valence-corrected chi connectivity index (χ1v) is 11.3. The summed E-state index contributed by atoms with van der Waals surface area (Å²) in [7, 11) is 3.50. The van der Waals surface area contributed by atoms with Crippen LogP contribution in [0.1, 0.15) is 24.0 Å². The predicted octanol–water partition coefficient (Wildman–Crippen LogP) is 3.71. The van der Waals surface area contributed by atoms with Crippen molar-refractivity contribution in [1.29, 1.82) is 0 Å².